The van der Waals surface area contributed by atoms with Crippen molar-refractivity contribution in [2.24, 2.45) is 0 Å². The molecule has 2 aliphatic rings. The molecule has 78 valence electrons. The molecule has 3 nitrogen and oxygen atoms in total. The predicted molar refractivity (Wildman–Crippen MR) is 54.3 cm³/mol. The number of ether oxygens (including phenoxy) is 1. The van der Waals surface area contributed by atoms with E-state index in [4.69, 9.17) is 20.8 Å². The lowest BCUT2D eigenvalue weighted by molar-refractivity contribution is -0.137. The maximum atomic E-state index is 11.4. The molecule has 1 unspecified atom stereocenters. The highest BCUT2D eigenvalue weighted by Gasteiger charge is 2.33. The fourth-order valence-electron chi connectivity index (χ4n) is 2.09. The number of furan rings is 1. The van der Waals surface area contributed by atoms with Crippen LogP contribution in [0, 0.1) is 0 Å². The Labute approximate surface area is 91.7 Å². The summed E-state index contributed by atoms with van der Waals surface area (Å²) in [5.74, 6) is 1.21. The summed E-state index contributed by atoms with van der Waals surface area (Å²) in [7, 11) is 0. The first-order chi connectivity index (χ1) is 7.25. The van der Waals surface area contributed by atoms with Crippen molar-refractivity contribution in [2.45, 2.75) is 24.6 Å². The van der Waals surface area contributed by atoms with Gasteiger partial charge in [0.25, 0.3) is 0 Å². The van der Waals surface area contributed by atoms with Crippen molar-refractivity contribution < 1.29 is 13.9 Å². The van der Waals surface area contributed by atoms with E-state index in [2.05, 4.69) is 0 Å². The summed E-state index contributed by atoms with van der Waals surface area (Å²) in [6.45, 7) is 0. The third kappa shape index (κ3) is 1.30. The van der Waals surface area contributed by atoms with Gasteiger partial charge in [-0.25, -0.2) is 0 Å². The van der Waals surface area contributed by atoms with Crippen LogP contribution < -0.4 is 0 Å². The van der Waals surface area contributed by atoms with Crippen molar-refractivity contribution in [3.05, 3.63) is 29.2 Å². The molecule has 0 bridgehead atoms. The average Bonchev–Trinajstić information content (AvgIpc) is 2.68. The van der Waals surface area contributed by atoms with E-state index in [1.54, 1.807) is 6.26 Å². The van der Waals surface area contributed by atoms with E-state index in [1.165, 1.54) is 0 Å². The van der Waals surface area contributed by atoms with Crippen LogP contribution in [0.3, 0.4) is 0 Å². The number of hydrogen-bond donors (Lipinski definition) is 0. The maximum Gasteiger partial charge on any atom is 0.329 e. The fraction of sp³-hybridized carbons (Fsp3) is 0.364. The van der Waals surface area contributed by atoms with E-state index in [-0.39, 0.29) is 5.97 Å². The van der Waals surface area contributed by atoms with Crippen molar-refractivity contribution in [3.8, 4) is 0 Å². The molecule has 0 N–H and O–H groups in total. The quantitative estimate of drug-likeness (QED) is 0.502. The van der Waals surface area contributed by atoms with Gasteiger partial charge < -0.3 is 9.15 Å². The SMILES string of the molecule is O=C1OC2=C(CCc3occc32)CC1Cl. The molecule has 0 spiro atoms. The van der Waals surface area contributed by atoms with E-state index in [0.717, 1.165) is 29.7 Å². The topological polar surface area (TPSA) is 39.4 Å². The van der Waals surface area contributed by atoms with Gasteiger partial charge in [-0.3, -0.25) is 4.79 Å². The highest BCUT2D eigenvalue weighted by Crippen LogP contribution is 2.38. The van der Waals surface area contributed by atoms with Gasteiger partial charge in [-0.2, -0.15) is 0 Å². The van der Waals surface area contributed by atoms with Crippen LogP contribution >= 0.6 is 11.6 Å². The summed E-state index contributed by atoms with van der Waals surface area (Å²) < 4.78 is 10.5. The molecule has 0 radical (unpaired) electrons. The molecule has 0 amide bonds. The van der Waals surface area contributed by atoms with Crippen LogP contribution in [0.1, 0.15) is 24.2 Å². The largest absolute Gasteiger partial charge is 0.469 e. The van der Waals surface area contributed by atoms with E-state index >= 15 is 0 Å². The van der Waals surface area contributed by atoms with Crippen LogP contribution in [0.15, 0.2) is 22.3 Å². The van der Waals surface area contributed by atoms with Crippen molar-refractivity contribution in [3.63, 3.8) is 0 Å². The lowest BCUT2D eigenvalue weighted by Crippen LogP contribution is -2.25. The second-order valence-electron chi connectivity index (χ2n) is 3.78. The zero-order valence-electron chi connectivity index (χ0n) is 7.96. The number of halogens is 1. The normalized spacial score (nSPS) is 24.6. The van der Waals surface area contributed by atoms with Gasteiger partial charge in [0, 0.05) is 6.42 Å². The Kier molecular flexibility index (Phi) is 1.89. The molecule has 0 saturated carbocycles. The molecule has 1 aromatic rings. The van der Waals surface area contributed by atoms with Gasteiger partial charge in [-0.05, 0) is 24.5 Å². The number of fused-ring (bicyclic) bond motifs is 2. The minimum Gasteiger partial charge on any atom is -0.469 e. The van der Waals surface area contributed by atoms with E-state index < -0.39 is 5.38 Å². The number of hydrogen-bond acceptors (Lipinski definition) is 3. The first kappa shape index (κ1) is 9.04. The van der Waals surface area contributed by atoms with Gasteiger partial charge in [-0.1, -0.05) is 0 Å². The Morgan fingerprint density at radius 2 is 2.27 bits per heavy atom. The molecule has 4 heteroatoms. The van der Waals surface area contributed by atoms with Crippen molar-refractivity contribution in [2.75, 3.05) is 0 Å². The van der Waals surface area contributed by atoms with E-state index in [0.29, 0.717) is 12.2 Å². The molecule has 0 fully saturated rings. The number of alkyl halides is 1. The summed E-state index contributed by atoms with van der Waals surface area (Å²) >= 11 is 5.86. The highest BCUT2D eigenvalue weighted by atomic mass is 35.5. The Hall–Kier alpha value is -1.22. The lowest BCUT2D eigenvalue weighted by Gasteiger charge is -2.25. The lowest BCUT2D eigenvalue weighted by atomic mass is 9.91. The van der Waals surface area contributed by atoms with Crippen LogP contribution in [-0.4, -0.2) is 11.3 Å². The molecule has 0 aromatic carbocycles. The predicted octanol–water partition coefficient (Wildman–Crippen LogP) is 2.49. The average molecular weight is 225 g/mol. The van der Waals surface area contributed by atoms with Crippen molar-refractivity contribution >= 4 is 23.3 Å². The molecular formula is C11H9ClO3. The van der Waals surface area contributed by atoms with Crippen molar-refractivity contribution in [1.82, 2.24) is 0 Å². The highest BCUT2D eigenvalue weighted by molar-refractivity contribution is 6.30. The first-order valence-electron chi connectivity index (χ1n) is 4.90. The van der Waals surface area contributed by atoms with Gasteiger partial charge in [0.1, 0.15) is 16.9 Å². The summed E-state index contributed by atoms with van der Waals surface area (Å²) in [4.78, 5) is 11.4. The molecule has 0 saturated heterocycles. The van der Waals surface area contributed by atoms with Gasteiger partial charge in [0.05, 0.1) is 11.8 Å². The number of rotatable bonds is 0. The third-order valence-electron chi connectivity index (χ3n) is 2.85. The Bertz CT molecular complexity index is 458. The minimum atomic E-state index is -0.530. The standard InChI is InChI=1S/C11H9ClO3/c12-8-5-6-1-2-9-7(3-4-14-9)10(6)15-11(8)13/h3-4,8H,1-2,5H2. The first-order valence-corrected chi connectivity index (χ1v) is 5.34. The van der Waals surface area contributed by atoms with Gasteiger partial charge in [-0.15, -0.1) is 11.6 Å². The summed E-state index contributed by atoms with van der Waals surface area (Å²) in [5.41, 5.74) is 2.04. The van der Waals surface area contributed by atoms with Crippen LogP contribution in [0.2, 0.25) is 0 Å². The molecular weight excluding hydrogens is 216 g/mol. The summed E-state index contributed by atoms with van der Waals surface area (Å²) in [6.07, 6.45) is 3.95. The Morgan fingerprint density at radius 1 is 1.40 bits per heavy atom. The second-order valence-corrected chi connectivity index (χ2v) is 4.31. The fourth-order valence-corrected chi connectivity index (χ4v) is 2.32. The van der Waals surface area contributed by atoms with E-state index in [9.17, 15) is 4.79 Å². The maximum absolute atomic E-state index is 11.4. The zero-order chi connectivity index (χ0) is 10.4. The van der Waals surface area contributed by atoms with E-state index in [1.807, 2.05) is 6.07 Å². The minimum absolute atomic E-state index is 0.357. The van der Waals surface area contributed by atoms with Crippen LogP contribution in [-0.2, 0) is 16.0 Å². The molecule has 1 atom stereocenters. The molecule has 1 aliphatic heterocycles. The molecule has 3 rings (SSSR count). The molecule has 1 aliphatic carbocycles. The number of carbonyl (C=O) groups is 1. The summed E-state index contributed by atoms with van der Waals surface area (Å²) in [6, 6.07) is 1.84. The zero-order valence-corrected chi connectivity index (χ0v) is 8.71. The van der Waals surface area contributed by atoms with Crippen LogP contribution in [0.4, 0.5) is 0 Å². The number of aryl methyl sites for hydroxylation is 1. The van der Waals surface area contributed by atoms with Crippen molar-refractivity contribution in [1.29, 1.82) is 0 Å². The van der Waals surface area contributed by atoms with Gasteiger partial charge in [0.2, 0.25) is 0 Å². The number of carbonyl (C=O) groups excluding carboxylic acids is 1. The van der Waals surface area contributed by atoms with Crippen LogP contribution in [0.5, 0.6) is 0 Å². The van der Waals surface area contributed by atoms with Gasteiger partial charge in [0.15, 0.2) is 0 Å². The molecule has 1 aromatic heterocycles. The monoisotopic (exact) mass is 224 g/mol. The number of esters is 1. The van der Waals surface area contributed by atoms with Gasteiger partial charge >= 0.3 is 5.97 Å². The smallest absolute Gasteiger partial charge is 0.329 e. The number of allylic oxidation sites excluding steroid dienone is 1. The van der Waals surface area contributed by atoms with Crippen LogP contribution in [0.25, 0.3) is 5.76 Å². The molecule has 15 heavy (non-hydrogen) atoms. The molecule has 2 heterocycles. The third-order valence-corrected chi connectivity index (χ3v) is 3.18. The summed E-state index contributed by atoms with van der Waals surface area (Å²) in [5, 5.41) is -0.530. The second kappa shape index (κ2) is 3.14. The Morgan fingerprint density at radius 3 is 3.13 bits per heavy atom. The Balaban J connectivity index is 2.09.